The number of rotatable bonds is 4. The predicted molar refractivity (Wildman–Crippen MR) is 78.6 cm³/mol. The van der Waals surface area contributed by atoms with Crippen LogP contribution < -0.4 is 5.32 Å². The molecule has 1 aliphatic carbocycles. The highest BCUT2D eigenvalue weighted by Gasteiger charge is 2.25. The average molecular weight is 287 g/mol. The van der Waals surface area contributed by atoms with Crippen molar-refractivity contribution in [1.29, 1.82) is 5.26 Å². The van der Waals surface area contributed by atoms with Gasteiger partial charge in [0.1, 0.15) is 11.8 Å². The predicted octanol–water partition coefficient (Wildman–Crippen LogP) is 1.79. The molecule has 0 aromatic carbocycles. The highest BCUT2D eigenvalue weighted by Crippen LogP contribution is 2.29. The van der Waals surface area contributed by atoms with Crippen LogP contribution in [0, 0.1) is 30.1 Å². The second kappa shape index (κ2) is 7.19. The van der Waals surface area contributed by atoms with Crippen molar-refractivity contribution in [3.8, 4) is 6.07 Å². The first-order valence-electron chi connectivity index (χ1n) is 7.42. The van der Waals surface area contributed by atoms with E-state index in [4.69, 9.17) is 5.26 Å². The van der Waals surface area contributed by atoms with E-state index in [-0.39, 0.29) is 18.4 Å². The van der Waals surface area contributed by atoms with E-state index in [1.165, 1.54) is 0 Å². The van der Waals surface area contributed by atoms with Gasteiger partial charge in [-0.15, -0.1) is 0 Å². The van der Waals surface area contributed by atoms with Crippen molar-refractivity contribution in [3.05, 3.63) is 29.1 Å². The Morgan fingerprint density at radius 3 is 2.76 bits per heavy atom. The lowest BCUT2D eigenvalue weighted by atomic mass is 9.79. The number of hydrogen-bond acceptors (Lipinski definition) is 4. The fourth-order valence-electron chi connectivity index (χ4n) is 2.91. The normalized spacial score (nSPS) is 21.6. The molecule has 2 unspecified atom stereocenters. The molecule has 1 aliphatic rings. The molecule has 0 radical (unpaired) electrons. The molecule has 2 atom stereocenters. The van der Waals surface area contributed by atoms with Crippen LogP contribution in [0.3, 0.4) is 0 Å². The topological polar surface area (TPSA) is 86.0 Å². The van der Waals surface area contributed by atoms with Gasteiger partial charge in [-0.25, -0.2) is 4.98 Å². The summed E-state index contributed by atoms with van der Waals surface area (Å²) < 4.78 is 0. The molecule has 112 valence electrons. The molecule has 1 saturated carbocycles. The lowest BCUT2D eigenvalue weighted by Gasteiger charge is -2.30. The van der Waals surface area contributed by atoms with Crippen LogP contribution in [-0.2, 0) is 0 Å². The van der Waals surface area contributed by atoms with Crippen molar-refractivity contribution in [3.63, 3.8) is 0 Å². The zero-order valence-corrected chi connectivity index (χ0v) is 12.3. The van der Waals surface area contributed by atoms with Gasteiger partial charge in [0.2, 0.25) is 0 Å². The van der Waals surface area contributed by atoms with Gasteiger partial charge in [-0.2, -0.15) is 5.26 Å². The van der Waals surface area contributed by atoms with Crippen LogP contribution in [0.2, 0.25) is 0 Å². The Hall–Kier alpha value is -1.93. The molecule has 0 saturated heterocycles. The summed E-state index contributed by atoms with van der Waals surface area (Å²) in [6, 6.07) is 5.23. The van der Waals surface area contributed by atoms with Gasteiger partial charge >= 0.3 is 0 Å². The van der Waals surface area contributed by atoms with Crippen LogP contribution in [0.15, 0.2) is 12.1 Å². The first-order valence-corrected chi connectivity index (χ1v) is 7.42. The van der Waals surface area contributed by atoms with Crippen molar-refractivity contribution < 1.29 is 9.90 Å². The average Bonchev–Trinajstić information content (AvgIpc) is 2.52. The Balaban J connectivity index is 1.95. The zero-order chi connectivity index (χ0) is 15.2. The standard InChI is InChI=1S/C16H21N3O2/c1-11-12(8-17)6-7-15(19-11)16(21)18-9-13-4-2-3-5-14(13)10-20/h6-7,13-14,20H,2-5,9-10H2,1H3,(H,18,21). The minimum atomic E-state index is -0.218. The van der Waals surface area contributed by atoms with Crippen LogP contribution in [0.1, 0.15) is 47.4 Å². The molecule has 1 amide bonds. The molecule has 21 heavy (non-hydrogen) atoms. The smallest absolute Gasteiger partial charge is 0.269 e. The summed E-state index contributed by atoms with van der Waals surface area (Å²) in [4.78, 5) is 16.3. The van der Waals surface area contributed by atoms with Gasteiger partial charge in [0.25, 0.3) is 5.91 Å². The summed E-state index contributed by atoms with van der Waals surface area (Å²) in [5, 5.41) is 21.1. The third-order valence-electron chi connectivity index (χ3n) is 4.26. The van der Waals surface area contributed by atoms with E-state index in [1.807, 2.05) is 6.07 Å². The van der Waals surface area contributed by atoms with E-state index >= 15 is 0 Å². The number of pyridine rings is 1. The molecule has 1 aromatic heterocycles. The van der Waals surface area contributed by atoms with E-state index in [1.54, 1.807) is 19.1 Å². The van der Waals surface area contributed by atoms with Crippen LogP contribution in [-0.4, -0.2) is 29.1 Å². The number of aliphatic hydroxyl groups is 1. The maximum Gasteiger partial charge on any atom is 0.269 e. The van der Waals surface area contributed by atoms with Crippen LogP contribution >= 0.6 is 0 Å². The van der Waals surface area contributed by atoms with Gasteiger partial charge in [-0.1, -0.05) is 12.8 Å². The largest absolute Gasteiger partial charge is 0.396 e. The monoisotopic (exact) mass is 287 g/mol. The number of nitrogens with zero attached hydrogens (tertiary/aromatic N) is 2. The third kappa shape index (κ3) is 3.79. The van der Waals surface area contributed by atoms with Crippen LogP contribution in [0.25, 0.3) is 0 Å². The quantitative estimate of drug-likeness (QED) is 0.884. The maximum absolute atomic E-state index is 12.1. The van der Waals surface area contributed by atoms with Gasteiger partial charge in [0.05, 0.1) is 11.3 Å². The molecule has 0 bridgehead atoms. The Kier molecular flexibility index (Phi) is 5.29. The van der Waals surface area contributed by atoms with Crippen molar-refractivity contribution in [2.45, 2.75) is 32.6 Å². The Morgan fingerprint density at radius 1 is 1.43 bits per heavy atom. The van der Waals surface area contributed by atoms with Crippen molar-refractivity contribution in [2.24, 2.45) is 11.8 Å². The SMILES string of the molecule is Cc1nc(C(=O)NCC2CCCCC2CO)ccc1C#N. The van der Waals surface area contributed by atoms with Gasteiger partial charge < -0.3 is 10.4 Å². The molecular weight excluding hydrogens is 266 g/mol. The summed E-state index contributed by atoms with van der Waals surface area (Å²) in [5.74, 6) is 0.409. The molecular formula is C16H21N3O2. The molecule has 0 aliphatic heterocycles. The first-order chi connectivity index (χ1) is 10.2. The van der Waals surface area contributed by atoms with E-state index < -0.39 is 0 Å². The van der Waals surface area contributed by atoms with Gasteiger partial charge in [-0.3, -0.25) is 4.79 Å². The van der Waals surface area contributed by atoms with Crippen molar-refractivity contribution >= 4 is 5.91 Å². The number of amides is 1. The van der Waals surface area contributed by atoms with Gasteiger partial charge in [-0.05, 0) is 43.7 Å². The second-order valence-electron chi connectivity index (χ2n) is 5.64. The Bertz CT molecular complexity index is 551. The summed E-state index contributed by atoms with van der Waals surface area (Å²) >= 11 is 0. The third-order valence-corrected chi connectivity index (χ3v) is 4.26. The Labute approximate surface area is 125 Å². The fourth-order valence-corrected chi connectivity index (χ4v) is 2.91. The minimum absolute atomic E-state index is 0.189. The maximum atomic E-state index is 12.1. The Morgan fingerprint density at radius 2 is 2.14 bits per heavy atom. The number of aryl methyl sites for hydroxylation is 1. The molecule has 1 heterocycles. The lowest BCUT2D eigenvalue weighted by Crippen LogP contribution is -2.35. The van der Waals surface area contributed by atoms with Crippen LogP contribution in [0.5, 0.6) is 0 Å². The fraction of sp³-hybridized carbons (Fsp3) is 0.562. The van der Waals surface area contributed by atoms with E-state index in [2.05, 4.69) is 10.3 Å². The molecule has 1 aromatic rings. The lowest BCUT2D eigenvalue weighted by molar-refractivity contribution is 0.0904. The van der Waals surface area contributed by atoms with E-state index in [0.717, 1.165) is 25.7 Å². The molecule has 2 rings (SSSR count). The highest BCUT2D eigenvalue weighted by molar-refractivity contribution is 5.92. The summed E-state index contributed by atoms with van der Waals surface area (Å²) in [6.45, 7) is 2.48. The summed E-state index contributed by atoms with van der Waals surface area (Å²) in [5.41, 5.74) is 1.39. The molecule has 0 spiro atoms. The number of nitrogens with one attached hydrogen (secondary N) is 1. The minimum Gasteiger partial charge on any atom is -0.396 e. The van der Waals surface area contributed by atoms with Crippen molar-refractivity contribution in [2.75, 3.05) is 13.2 Å². The molecule has 1 fully saturated rings. The van der Waals surface area contributed by atoms with Crippen LogP contribution in [0.4, 0.5) is 0 Å². The van der Waals surface area contributed by atoms with E-state index in [0.29, 0.717) is 29.4 Å². The number of carbonyl (C=O) groups excluding carboxylic acids is 1. The van der Waals surface area contributed by atoms with E-state index in [9.17, 15) is 9.90 Å². The summed E-state index contributed by atoms with van der Waals surface area (Å²) in [6.07, 6.45) is 4.40. The second-order valence-corrected chi connectivity index (χ2v) is 5.64. The highest BCUT2D eigenvalue weighted by atomic mass is 16.3. The van der Waals surface area contributed by atoms with Crippen molar-refractivity contribution in [1.82, 2.24) is 10.3 Å². The first kappa shape index (κ1) is 15.5. The zero-order valence-electron chi connectivity index (χ0n) is 12.3. The summed E-state index contributed by atoms with van der Waals surface area (Å²) in [7, 11) is 0. The van der Waals surface area contributed by atoms with Gasteiger partial charge in [0, 0.05) is 13.2 Å². The van der Waals surface area contributed by atoms with Gasteiger partial charge in [0.15, 0.2) is 0 Å². The molecule has 5 nitrogen and oxygen atoms in total. The number of hydrogen-bond donors (Lipinski definition) is 2. The molecule has 5 heteroatoms. The molecule has 2 N–H and O–H groups in total. The number of aliphatic hydroxyl groups excluding tert-OH is 1. The number of carbonyl (C=O) groups is 1. The number of aromatic nitrogens is 1. The number of nitriles is 1.